The van der Waals surface area contributed by atoms with Crippen molar-refractivity contribution in [1.82, 2.24) is 0 Å². The Morgan fingerprint density at radius 1 is 0.857 bits per heavy atom. The highest BCUT2D eigenvalue weighted by Crippen LogP contribution is 2.36. The van der Waals surface area contributed by atoms with Crippen LogP contribution in [0.3, 0.4) is 0 Å². The van der Waals surface area contributed by atoms with Gasteiger partial charge in [-0.1, -0.05) is 60.1 Å². The molecule has 3 aromatic rings. The minimum absolute atomic E-state index is 0.0305. The molecule has 0 N–H and O–H groups in total. The molecule has 1 amide bonds. The largest absolute Gasteiger partial charge is 0.276 e. The Morgan fingerprint density at radius 2 is 1.57 bits per heavy atom. The van der Waals surface area contributed by atoms with Crippen LogP contribution in [0.1, 0.15) is 22.3 Å². The topological polar surface area (TPSA) is 20.3 Å². The van der Waals surface area contributed by atoms with Crippen LogP contribution in [0.25, 0.3) is 11.8 Å². The van der Waals surface area contributed by atoms with E-state index in [1.54, 1.807) is 4.90 Å². The number of aryl methyl sites for hydroxylation is 2. The van der Waals surface area contributed by atoms with Crippen molar-refractivity contribution in [3.8, 4) is 0 Å². The lowest BCUT2D eigenvalue weighted by Crippen LogP contribution is -2.25. The van der Waals surface area contributed by atoms with E-state index in [4.69, 9.17) is 11.6 Å². The molecule has 1 heterocycles. The Balaban J connectivity index is 1.82. The Hall–Kier alpha value is -3.10. The molecule has 0 saturated carbocycles. The standard InChI is InChI=1S/C25H20ClNO/c1-17-8-13-23(14-18(17)2)27-24(20-6-4-3-5-7-20)16-21(25(27)28)15-19-9-11-22(26)12-10-19/h3-16H,1-2H3. The molecule has 4 rings (SSSR count). The van der Waals surface area contributed by atoms with Gasteiger partial charge in [0.1, 0.15) is 0 Å². The van der Waals surface area contributed by atoms with Gasteiger partial charge in [-0.05, 0) is 72.5 Å². The van der Waals surface area contributed by atoms with Crippen molar-refractivity contribution in [1.29, 1.82) is 0 Å². The molecule has 0 aliphatic carbocycles. The summed E-state index contributed by atoms with van der Waals surface area (Å²) < 4.78 is 0. The Kier molecular flexibility index (Phi) is 4.89. The van der Waals surface area contributed by atoms with Gasteiger partial charge in [0.05, 0.1) is 5.70 Å². The van der Waals surface area contributed by atoms with Crippen LogP contribution < -0.4 is 4.90 Å². The molecule has 0 spiro atoms. The van der Waals surface area contributed by atoms with Gasteiger partial charge in [0.2, 0.25) is 0 Å². The summed E-state index contributed by atoms with van der Waals surface area (Å²) in [5.41, 5.74) is 6.73. The Bertz CT molecular complexity index is 1100. The summed E-state index contributed by atoms with van der Waals surface area (Å²) in [6, 6.07) is 23.6. The maximum Gasteiger partial charge on any atom is 0.262 e. The van der Waals surface area contributed by atoms with Crippen LogP contribution in [0.5, 0.6) is 0 Å². The maximum absolute atomic E-state index is 13.3. The summed E-state index contributed by atoms with van der Waals surface area (Å²) in [5.74, 6) is -0.0305. The average molecular weight is 386 g/mol. The van der Waals surface area contributed by atoms with Crippen molar-refractivity contribution in [3.05, 3.63) is 112 Å². The summed E-state index contributed by atoms with van der Waals surface area (Å²) in [7, 11) is 0. The first-order valence-electron chi connectivity index (χ1n) is 9.19. The van der Waals surface area contributed by atoms with E-state index >= 15 is 0 Å². The fourth-order valence-electron chi connectivity index (χ4n) is 3.30. The van der Waals surface area contributed by atoms with Crippen LogP contribution in [-0.4, -0.2) is 5.91 Å². The molecule has 0 aromatic heterocycles. The second-order valence-electron chi connectivity index (χ2n) is 6.96. The summed E-state index contributed by atoms with van der Waals surface area (Å²) >= 11 is 5.98. The lowest BCUT2D eigenvalue weighted by atomic mass is 10.1. The van der Waals surface area contributed by atoms with Gasteiger partial charge in [0.15, 0.2) is 0 Å². The van der Waals surface area contributed by atoms with Gasteiger partial charge in [0.25, 0.3) is 5.91 Å². The molecule has 138 valence electrons. The molecule has 0 radical (unpaired) electrons. The highest BCUT2D eigenvalue weighted by molar-refractivity contribution is 6.30. The summed E-state index contributed by atoms with van der Waals surface area (Å²) in [5, 5.41) is 0.678. The predicted octanol–water partition coefficient (Wildman–Crippen LogP) is 6.43. The first-order valence-corrected chi connectivity index (χ1v) is 9.57. The summed E-state index contributed by atoms with van der Waals surface area (Å²) in [6.07, 6.45) is 3.87. The molecular formula is C25H20ClNO. The van der Waals surface area contributed by atoms with Gasteiger partial charge < -0.3 is 0 Å². The first kappa shape index (κ1) is 18.3. The van der Waals surface area contributed by atoms with Crippen LogP contribution in [0, 0.1) is 13.8 Å². The molecule has 0 atom stereocenters. The van der Waals surface area contributed by atoms with Gasteiger partial charge in [-0.15, -0.1) is 0 Å². The van der Waals surface area contributed by atoms with Crippen molar-refractivity contribution in [2.45, 2.75) is 13.8 Å². The van der Waals surface area contributed by atoms with Crippen molar-refractivity contribution < 1.29 is 4.79 Å². The smallest absolute Gasteiger partial charge is 0.262 e. The van der Waals surface area contributed by atoms with E-state index in [-0.39, 0.29) is 5.91 Å². The van der Waals surface area contributed by atoms with E-state index in [0.717, 1.165) is 28.1 Å². The first-order chi connectivity index (χ1) is 13.5. The fourth-order valence-corrected chi connectivity index (χ4v) is 3.42. The monoisotopic (exact) mass is 385 g/mol. The van der Waals surface area contributed by atoms with Crippen molar-refractivity contribution in [2.24, 2.45) is 0 Å². The quantitative estimate of drug-likeness (QED) is 0.476. The fraction of sp³-hybridized carbons (Fsp3) is 0.0800. The zero-order valence-electron chi connectivity index (χ0n) is 15.8. The lowest BCUT2D eigenvalue weighted by molar-refractivity contribution is -0.113. The molecule has 1 aliphatic heterocycles. The van der Waals surface area contributed by atoms with Crippen LogP contribution in [0.2, 0.25) is 5.02 Å². The van der Waals surface area contributed by atoms with Crippen LogP contribution in [0.4, 0.5) is 5.69 Å². The zero-order valence-corrected chi connectivity index (χ0v) is 16.6. The highest BCUT2D eigenvalue weighted by atomic mass is 35.5. The summed E-state index contributed by atoms with van der Waals surface area (Å²) in [6.45, 7) is 4.14. The molecule has 0 unspecified atom stereocenters. The van der Waals surface area contributed by atoms with E-state index in [2.05, 4.69) is 26.0 Å². The number of amides is 1. The van der Waals surface area contributed by atoms with Gasteiger partial charge in [-0.3, -0.25) is 9.69 Å². The van der Waals surface area contributed by atoms with Crippen LogP contribution >= 0.6 is 11.6 Å². The lowest BCUT2D eigenvalue weighted by Gasteiger charge is -2.21. The number of halogens is 1. The third-order valence-corrected chi connectivity index (χ3v) is 5.25. The van der Waals surface area contributed by atoms with E-state index in [9.17, 15) is 4.79 Å². The van der Waals surface area contributed by atoms with Crippen LogP contribution in [0.15, 0.2) is 84.4 Å². The molecule has 3 heteroatoms. The SMILES string of the molecule is Cc1ccc(N2C(=O)C(=Cc3ccc(Cl)cc3)C=C2c2ccccc2)cc1C. The zero-order chi connectivity index (χ0) is 19.7. The number of hydrogen-bond acceptors (Lipinski definition) is 1. The predicted molar refractivity (Wildman–Crippen MR) is 117 cm³/mol. The number of anilines is 1. The maximum atomic E-state index is 13.3. The molecule has 28 heavy (non-hydrogen) atoms. The second-order valence-corrected chi connectivity index (χ2v) is 7.39. The number of benzene rings is 3. The van der Waals surface area contributed by atoms with Gasteiger partial charge in [0, 0.05) is 16.3 Å². The van der Waals surface area contributed by atoms with Gasteiger partial charge in [-0.25, -0.2) is 0 Å². The van der Waals surface area contributed by atoms with E-state index in [0.29, 0.717) is 10.6 Å². The normalized spacial score (nSPS) is 15.2. The minimum atomic E-state index is -0.0305. The van der Waals surface area contributed by atoms with Crippen molar-refractivity contribution in [3.63, 3.8) is 0 Å². The van der Waals surface area contributed by atoms with E-state index in [1.165, 1.54) is 5.56 Å². The van der Waals surface area contributed by atoms with Gasteiger partial charge >= 0.3 is 0 Å². The number of carbonyl (C=O) groups excluding carboxylic acids is 1. The number of carbonyl (C=O) groups is 1. The number of nitrogens with zero attached hydrogens (tertiary/aromatic N) is 1. The molecule has 0 fully saturated rings. The minimum Gasteiger partial charge on any atom is -0.276 e. The number of rotatable bonds is 3. The Morgan fingerprint density at radius 3 is 2.25 bits per heavy atom. The number of hydrogen-bond donors (Lipinski definition) is 0. The Labute approximate surface area is 170 Å². The third-order valence-electron chi connectivity index (χ3n) is 4.99. The van der Waals surface area contributed by atoms with Crippen molar-refractivity contribution in [2.75, 3.05) is 4.90 Å². The van der Waals surface area contributed by atoms with Crippen LogP contribution in [-0.2, 0) is 4.79 Å². The third kappa shape index (κ3) is 3.51. The van der Waals surface area contributed by atoms with Gasteiger partial charge in [-0.2, -0.15) is 0 Å². The molecule has 0 bridgehead atoms. The molecule has 2 nitrogen and oxygen atoms in total. The average Bonchev–Trinajstić information content (AvgIpc) is 3.03. The summed E-state index contributed by atoms with van der Waals surface area (Å²) in [4.78, 5) is 15.1. The molecule has 0 saturated heterocycles. The highest BCUT2D eigenvalue weighted by Gasteiger charge is 2.30. The molecule has 3 aromatic carbocycles. The van der Waals surface area contributed by atoms with Crippen molar-refractivity contribution >= 4 is 35.0 Å². The molecule has 1 aliphatic rings. The second kappa shape index (κ2) is 7.49. The molecular weight excluding hydrogens is 366 g/mol. The van der Waals surface area contributed by atoms with E-state index < -0.39 is 0 Å². The van der Waals surface area contributed by atoms with E-state index in [1.807, 2.05) is 72.8 Å².